The zero-order valence-electron chi connectivity index (χ0n) is 8.66. The third-order valence-corrected chi connectivity index (χ3v) is 2.70. The van der Waals surface area contributed by atoms with Crippen molar-refractivity contribution in [2.24, 2.45) is 0 Å². The van der Waals surface area contributed by atoms with E-state index in [9.17, 15) is 4.79 Å². The standard InChI is InChI=1S/C11H13BrO3/c1-7(5-11(13)14)9-4-3-8(12)6-10(9)15-2/h3-4,6-7H,5H2,1-2H3,(H,13,14). The first-order valence-corrected chi connectivity index (χ1v) is 5.39. The van der Waals surface area contributed by atoms with Crippen LogP contribution in [0.2, 0.25) is 0 Å². The fraction of sp³-hybridized carbons (Fsp3) is 0.364. The van der Waals surface area contributed by atoms with Crippen molar-refractivity contribution in [1.29, 1.82) is 0 Å². The highest BCUT2D eigenvalue weighted by Gasteiger charge is 2.14. The molecule has 0 aromatic heterocycles. The maximum atomic E-state index is 10.6. The molecule has 0 aliphatic heterocycles. The lowest BCUT2D eigenvalue weighted by Crippen LogP contribution is -2.04. The molecule has 0 aliphatic rings. The fourth-order valence-corrected chi connectivity index (χ4v) is 1.80. The first-order chi connectivity index (χ1) is 7.04. The third-order valence-electron chi connectivity index (χ3n) is 2.21. The highest BCUT2D eigenvalue weighted by atomic mass is 79.9. The predicted molar refractivity (Wildman–Crippen MR) is 61.4 cm³/mol. The molecule has 1 aromatic rings. The first kappa shape index (κ1) is 12.0. The molecule has 0 spiro atoms. The number of carbonyl (C=O) groups is 1. The van der Waals surface area contributed by atoms with Gasteiger partial charge in [-0.05, 0) is 23.6 Å². The Balaban J connectivity index is 2.97. The number of ether oxygens (including phenoxy) is 1. The molecule has 82 valence electrons. The molecule has 3 nitrogen and oxygen atoms in total. The molecule has 1 unspecified atom stereocenters. The largest absolute Gasteiger partial charge is 0.496 e. The van der Waals surface area contributed by atoms with E-state index >= 15 is 0 Å². The number of benzene rings is 1. The fourth-order valence-electron chi connectivity index (χ4n) is 1.46. The Kier molecular flexibility index (Phi) is 4.15. The molecule has 0 bridgehead atoms. The summed E-state index contributed by atoms with van der Waals surface area (Å²) in [7, 11) is 1.58. The van der Waals surface area contributed by atoms with Gasteiger partial charge in [0.2, 0.25) is 0 Å². The number of hydrogen-bond donors (Lipinski definition) is 1. The van der Waals surface area contributed by atoms with E-state index in [-0.39, 0.29) is 12.3 Å². The van der Waals surface area contributed by atoms with Crippen LogP contribution < -0.4 is 4.74 Å². The summed E-state index contributed by atoms with van der Waals surface area (Å²) in [4.78, 5) is 10.6. The molecule has 1 N–H and O–H groups in total. The SMILES string of the molecule is COc1cc(Br)ccc1C(C)CC(=O)O. The Morgan fingerprint density at radius 3 is 2.80 bits per heavy atom. The highest BCUT2D eigenvalue weighted by Crippen LogP contribution is 2.31. The second-order valence-electron chi connectivity index (χ2n) is 3.39. The summed E-state index contributed by atoms with van der Waals surface area (Å²) >= 11 is 3.34. The van der Waals surface area contributed by atoms with E-state index in [0.29, 0.717) is 0 Å². The van der Waals surface area contributed by atoms with E-state index in [1.165, 1.54) is 0 Å². The van der Waals surface area contributed by atoms with Gasteiger partial charge in [0, 0.05) is 4.47 Å². The molecule has 1 atom stereocenters. The van der Waals surface area contributed by atoms with Crippen LogP contribution >= 0.6 is 15.9 Å². The van der Waals surface area contributed by atoms with E-state index < -0.39 is 5.97 Å². The van der Waals surface area contributed by atoms with E-state index in [1.807, 2.05) is 25.1 Å². The Morgan fingerprint density at radius 2 is 2.27 bits per heavy atom. The molecule has 1 rings (SSSR count). The van der Waals surface area contributed by atoms with Crippen molar-refractivity contribution in [2.45, 2.75) is 19.3 Å². The van der Waals surface area contributed by atoms with E-state index in [4.69, 9.17) is 9.84 Å². The van der Waals surface area contributed by atoms with Crippen LogP contribution in [-0.2, 0) is 4.79 Å². The van der Waals surface area contributed by atoms with Crippen LogP contribution in [0, 0.1) is 0 Å². The van der Waals surface area contributed by atoms with Crippen molar-refractivity contribution in [1.82, 2.24) is 0 Å². The lowest BCUT2D eigenvalue weighted by atomic mass is 9.97. The van der Waals surface area contributed by atoms with Crippen LogP contribution in [0.25, 0.3) is 0 Å². The van der Waals surface area contributed by atoms with Gasteiger partial charge in [-0.15, -0.1) is 0 Å². The van der Waals surface area contributed by atoms with E-state index in [0.717, 1.165) is 15.8 Å². The number of aliphatic carboxylic acids is 1. The van der Waals surface area contributed by atoms with Gasteiger partial charge in [0.1, 0.15) is 5.75 Å². The Labute approximate surface area is 97.2 Å². The number of hydrogen-bond acceptors (Lipinski definition) is 2. The van der Waals surface area contributed by atoms with Gasteiger partial charge in [0.25, 0.3) is 0 Å². The minimum atomic E-state index is -0.799. The third kappa shape index (κ3) is 3.23. The summed E-state index contributed by atoms with van der Waals surface area (Å²) in [6.45, 7) is 1.87. The van der Waals surface area contributed by atoms with Crippen LogP contribution in [0.3, 0.4) is 0 Å². The molecule has 0 radical (unpaired) electrons. The predicted octanol–water partition coefficient (Wildman–Crippen LogP) is 3.04. The molecular weight excluding hydrogens is 260 g/mol. The molecule has 15 heavy (non-hydrogen) atoms. The summed E-state index contributed by atoms with van der Waals surface area (Å²) in [5.41, 5.74) is 0.920. The van der Waals surface area contributed by atoms with Gasteiger partial charge in [-0.25, -0.2) is 0 Å². The number of carboxylic acids is 1. The van der Waals surface area contributed by atoms with Crippen LogP contribution in [0.15, 0.2) is 22.7 Å². The van der Waals surface area contributed by atoms with Gasteiger partial charge >= 0.3 is 5.97 Å². The van der Waals surface area contributed by atoms with Crippen molar-refractivity contribution in [3.8, 4) is 5.75 Å². The molecule has 0 amide bonds. The molecule has 0 heterocycles. The van der Waals surface area contributed by atoms with Gasteiger partial charge in [-0.3, -0.25) is 4.79 Å². The second-order valence-corrected chi connectivity index (χ2v) is 4.30. The first-order valence-electron chi connectivity index (χ1n) is 4.59. The maximum Gasteiger partial charge on any atom is 0.303 e. The van der Waals surface area contributed by atoms with Crippen molar-refractivity contribution >= 4 is 21.9 Å². The van der Waals surface area contributed by atoms with Crippen molar-refractivity contribution < 1.29 is 14.6 Å². The van der Waals surface area contributed by atoms with E-state index in [2.05, 4.69) is 15.9 Å². The average Bonchev–Trinajstić information content (AvgIpc) is 2.16. The summed E-state index contributed by atoms with van der Waals surface area (Å²) in [6, 6.07) is 5.61. The van der Waals surface area contributed by atoms with Gasteiger partial charge in [0.15, 0.2) is 0 Å². The lowest BCUT2D eigenvalue weighted by molar-refractivity contribution is -0.137. The monoisotopic (exact) mass is 272 g/mol. The van der Waals surface area contributed by atoms with Crippen molar-refractivity contribution in [3.63, 3.8) is 0 Å². The molecule has 0 aliphatic carbocycles. The molecule has 4 heteroatoms. The summed E-state index contributed by atoms with van der Waals surface area (Å²) in [5.74, 6) is -0.129. The minimum absolute atomic E-state index is 0.0504. The van der Waals surface area contributed by atoms with Crippen molar-refractivity contribution in [2.75, 3.05) is 7.11 Å². The van der Waals surface area contributed by atoms with Crippen LogP contribution in [0.4, 0.5) is 0 Å². The maximum absolute atomic E-state index is 10.6. The number of halogens is 1. The molecule has 0 saturated carbocycles. The number of methoxy groups -OCH3 is 1. The van der Waals surface area contributed by atoms with Crippen LogP contribution in [0.5, 0.6) is 5.75 Å². The minimum Gasteiger partial charge on any atom is -0.496 e. The second kappa shape index (κ2) is 5.16. The summed E-state index contributed by atoms with van der Waals surface area (Å²) in [6.07, 6.45) is 0.109. The molecule has 0 saturated heterocycles. The topological polar surface area (TPSA) is 46.5 Å². The average molecular weight is 273 g/mol. The lowest BCUT2D eigenvalue weighted by Gasteiger charge is -2.14. The molecule has 1 aromatic carbocycles. The molecule has 0 fully saturated rings. The Hall–Kier alpha value is -1.03. The zero-order chi connectivity index (χ0) is 11.4. The van der Waals surface area contributed by atoms with Gasteiger partial charge < -0.3 is 9.84 Å². The number of carboxylic acid groups (broad SMARTS) is 1. The van der Waals surface area contributed by atoms with Crippen molar-refractivity contribution in [3.05, 3.63) is 28.2 Å². The smallest absolute Gasteiger partial charge is 0.303 e. The zero-order valence-corrected chi connectivity index (χ0v) is 10.2. The van der Waals surface area contributed by atoms with Gasteiger partial charge in [0.05, 0.1) is 13.5 Å². The van der Waals surface area contributed by atoms with Gasteiger partial charge in [-0.1, -0.05) is 28.9 Å². The Morgan fingerprint density at radius 1 is 1.60 bits per heavy atom. The van der Waals surface area contributed by atoms with Crippen LogP contribution in [-0.4, -0.2) is 18.2 Å². The van der Waals surface area contributed by atoms with Gasteiger partial charge in [-0.2, -0.15) is 0 Å². The summed E-state index contributed by atoms with van der Waals surface area (Å²) in [5, 5.41) is 8.71. The summed E-state index contributed by atoms with van der Waals surface area (Å²) < 4.78 is 6.13. The quantitative estimate of drug-likeness (QED) is 0.917. The van der Waals surface area contributed by atoms with Crippen LogP contribution in [0.1, 0.15) is 24.8 Å². The number of rotatable bonds is 4. The highest BCUT2D eigenvalue weighted by molar-refractivity contribution is 9.10. The normalized spacial score (nSPS) is 12.2. The van der Waals surface area contributed by atoms with E-state index in [1.54, 1.807) is 7.11 Å². The Bertz CT molecular complexity index is 363. The molecular formula is C11H13BrO3.